The molecule has 5 nitrogen and oxygen atoms in total. The molecule has 1 saturated carbocycles. The SMILES string of the molecule is CC[C@@H]1C[C@H](c2csc3c(S(=O)(=O)C(C)(C)C)ncnc23)C[C@@H]1O[Si](C)(C)C(C)(C)C. The molecule has 2 heterocycles. The molecule has 1 aliphatic rings. The highest BCUT2D eigenvalue weighted by atomic mass is 32.2. The third-order valence-electron chi connectivity index (χ3n) is 7.26. The van der Waals surface area contributed by atoms with E-state index in [0.717, 1.165) is 30.3 Å². The topological polar surface area (TPSA) is 69.2 Å². The zero-order valence-corrected chi connectivity index (χ0v) is 23.1. The molecule has 3 atom stereocenters. The molecule has 0 aromatic carbocycles. The number of rotatable bonds is 5. The largest absolute Gasteiger partial charge is 0.414 e. The van der Waals surface area contributed by atoms with E-state index < -0.39 is 22.9 Å². The Bertz CT molecular complexity index is 1050. The Morgan fingerprint density at radius 2 is 1.77 bits per heavy atom. The van der Waals surface area contributed by atoms with Gasteiger partial charge in [0.15, 0.2) is 13.3 Å². The molecule has 2 aromatic heterocycles. The molecule has 0 radical (unpaired) electrons. The summed E-state index contributed by atoms with van der Waals surface area (Å²) in [6.45, 7) is 18.9. The summed E-state index contributed by atoms with van der Waals surface area (Å²) in [6.07, 6.45) is 4.80. The second-order valence-corrected chi connectivity index (χ2v) is 19.7. The molecule has 3 rings (SSSR count). The van der Waals surface area contributed by atoms with Crippen LogP contribution in [0.4, 0.5) is 0 Å². The van der Waals surface area contributed by atoms with Crippen molar-refractivity contribution >= 4 is 39.7 Å². The molecule has 2 aromatic rings. The minimum atomic E-state index is -3.54. The quantitative estimate of drug-likeness (QED) is 0.357. The van der Waals surface area contributed by atoms with E-state index in [1.807, 2.05) is 0 Å². The minimum Gasteiger partial charge on any atom is -0.414 e. The van der Waals surface area contributed by atoms with Gasteiger partial charge in [-0.1, -0.05) is 34.1 Å². The highest BCUT2D eigenvalue weighted by Crippen LogP contribution is 2.48. The van der Waals surface area contributed by atoms with Crippen LogP contribution in [-0.2, 0) is 14.3 Å². The van der Waals surface area contributed by atoms with Crippen LogP contribution in [0, 0.1) is 5.92 Å². The average molecular weight is 483 g/mol. The Balaban J connectivity index is 1.96. The number of sulfone groups is 1. The van der Waals surface area contributed by atoms with Crippen LogP contribution in [0.5, 0.6) is 0 Å². The second-order valence-electron chi connectivity index (χ2n) is 11.4. The van der Waals surface area contributed by atoms with E-state index in [4.69, 9.17) is 4.43 Å². The Labute approximate surface area is 193 Å². The van der Waals surface area contributed by atoms with Gasteiger partial charge in [-0.25, -0.2) is 18.4 Å². The first-order valence-corrected chi connectivity index (χ1v) is 16.5. The first-order valence-electron chi connectivity index (χ1n) is 11.2. The summed E-state index contributed by atoms with van der Waals surface area (Å²) in [5.41, 5.74) is 1.96. The summed E-state index contributed by atoms with van der Waals surface area (Å²) in [6, 6.07) is 0. The van der Waals surface area contributed by atoms with E-state index in [1.165, 1.54) is 17.7 Å². The third kappa shape index (κ3) is 4.50. The van der Waals surface area contributed by atoms with Crippen molar-refractivity contribution in [1.29, 1.82) is 0 Å². The van der Waals surface area contributed by atoms with Crippen molar-refractivity contribution in [2.24, 2.45) is 5.92 Å². The highest BCUT2D eigenvalue weighted by Gasteiger charge is 2.44. The Morgan fingerprint density at radius 3 is 2.32 bits per heavy atom. The molecule has 1 fully saturated rings. The molecule has 0 bridgehead atoms. The molecule has 0 saturated heterocycles. The van der Waals surface area contributed by atoms with Gasteiger partial charge in [0, 0.05) is 6.10 Å². The van der Waals surface area contributed by atoms with Crippen LogP contribution in [0.3, 0.4) is 0 Å². The molecular weight excluding hydrogens is 444 g/mol. The van der Waals surface area contributed by atoms with Crippen molar-refractivity contribution in [3.63, 3.8) is 0 Å². The lowest BCUT2D eigenvalue weighted by atomic mass is 9.97. The normalized spacial score (nSPS) is 23.6. The molecule has 0 unspecified atom stereocenters. The van der Waals surface area contributed by atoms with E-state index >= 15 is 0 Å². The Hall–Kier alpha value is -0.833. The summed E-state index contributed by atoms with van der Waals surface area (Å²) in [5, 5.41) is 2.45. The van der Waals surface area contributed by atoms with Crippen LogP contribution >= 0.6 is 11.3 Å². The van der Waals surface area contributed by atoms with Gasteiger partial charge >= 0.3 is 0 Å². The van der Waals surface area contributed by atoms with E-state index in [-0.39, 0.29) is 16.2 Å². The van der Waals surface area contributed by atoms with Crippen LogP contribution in [0.1, 0.15) is 79.2 Å². The number of thiophene rings is 1. The highest BCUT2D eigenvalue weighted by molar-refractivity contribution is 7.93. The summed E-state index contributed by atoms with van der Waals surface area (Å²) in [5.74, 6) is 0.863. The zero-order chi connectivity index (χ0) is 23.4. The van der Waals surface area contributed by atoms with Gasteiger partial charge in [-0.2, -0.15) is 0 Å². The second kappa shape index (κ2) is 8.19. The van der Waals surface area contributed by atoms with Crippen molar-refractivity contribution in [2.45, 2.75) is 108 Å². The van der Waals surface area contributed by atoms with Crippen molar-refractivity contribution in [3.8, 4) is 0 Å². The van der Waals surface area contributed by atoms with Crippen molar-refractivity contribution in [2.75, 3.05) is 0 Å². The summed E-state index contributed by atoms with van der Waals surface area (Å²) in [7, 11) is -5.39. The van der Waals surface area contributed by atoms with Gasteiger partial charge in [-0.15, -0.1) is 11.3 Å². The van der Waals surface area contributed by atoms with Gasteiger partial charge in [0.25, 0.3) is 0 Å². The Kier molecular flexibility index (Phi) is 6.55. The van der Waals surface area contributed by atoms with Gasteiger partial charge < -0.3 is 4.43 Å². The summed E-state index contributed by atoms with van der Waals surface area (Å²) < 4.78 is 32.8. The maximum absolute atomic E-state index is 13.1. The molecule has 8 heteroatoms. The van der Waals surface area contributed by atoms with Crippen molar-refractivity contribution in [3.05, 3.63) is 17.3 Å². The maximum Gasteiger partial charge on any atom is 0.202 e. The lowest BCUT2D eigenvalue weighted by molar-refractivity contribution is 0.138. The number of nitrogens with zero attached hydrogens (tertiary/aromatic N) is 2. The fraction of sp³-hybridized carbons (Fsp3) is 0.739. The van der Waals surface area contributed by atoms with Gasteiger partial charge in [0.1, 0.15) is 6.33 Å². The molecule has 0 spiro atoms. The smallest absolute Gasteiger partial charge is 0.202 e. The van der Waals surface area contributed by atoms with Gasteiger partial charge in [-0.05, 0) is 74.5 Å². The first kappa shape index (κ1) is 24.8. The predicted molar refractivity (Wildman–Crippen MR) is 132 cm³/mol. The van der Waals surface area contributed by atoms with E-state index in [9.17, 15) is 8.42 Å². The molecule has 0 amide bonds. The fourth-order valence-corrected chi connectivity index (χ4v) is 8.05. The first-order chi connectivity index (χ1) is 14.1. The van der Waals surface area contributed by atoms with Crippen LogP contribution in [-0.4, -0.2) is 37.6 Å². The predicted octanol–water partition coefficient (Wildman–Crippen LogP) is 6.56. The van der Waals surface area contributed by atoms with Gasteiger partial charge in [0.05, 0.1) is 15.0 Å². The monoisotopic (exact) mass is 482 g/mol. The summed E-state index contributed by atoms with van der Waals surface area (Å²) in [4.78, 5) is 8.73. The van der Waals surface area contributed by atoms with E-state index in [2.05, 4.69) is 56.1 Å². The molecule has 31 heavy (non-hydrogen) atoms. The van der Waals surface area contributed by atoms with Crippen LogP contribution in [0.25, 0.3) is 10.2 Å². The number of aromatic nitrogens is 2. The zero-order valence-electron chi connectivity index (χ0n) is 20.4. The number of hydrogen-bond acceptors (Lipinski definition) is 6. The van der Waals surface area contributed by atoms with E-state index in [1.54, 1.807) is 20.8 Å². The van der Waals surface area contributed by atoms with Gasteiger partial charge in [-0.3, -0.25) is 0 Å². The molecule has 0 aliphatic heterocycles. The third-order valence-corrected chi connectivity index (χ3v) is 15.3. The van der Waals surface area contributed by atoms with Crippen LogP contribution in [0.2, 0.25) is 18.1 Å². The minimum absolute atomic E-state index is 0.167. The number of hydrogen-bond donors (Lipinski definition) is 0. The van der Waals surface area contributed by atoms with E-state index in [0.29, 0.717) is 16.5 Å². The van der Waals surface area contributed by atoms with Gasteiger partial charge in [0.2, 0.25) is 9.84 Å². The summed E-state index contributed by atoms with van der Waals surface area (Å²) >= 11 is 1.46. The Morgan fingerprint density at radius 1 is 1.13 bits per heavy atom. The molecule has 1 aliphatic carbocycles. The number of fused-ring (bicyclic) bond motifs is 1. The lowest BCUT2D eigenvalue weighted by Crippen LogP contribution is -2.44. The standard InChI is InChI=1S/C23H38N2O3S2Si/c1-10-15-11-16(12-18(15)28-31(8,9)23(5,6)7)17-13-29-20-19(17)24-14-25-21(20)30(26,27)22(2,3)4/h13-16,18H,10-12H2,1-9H3/t15-,16+,18+/m1/s1. The maximum atomic E-state index is 13.1. The molecular formula is C23H38N2O3S2Si. The van der Waals surface area contributed by atoms with Crippen molar-refractivity contribution < 1.29 is 12.8 Å². The van der Waals surface area contributed by atoms with Crippen LogP contribution in [0.15, 0.2) is 16.7 Å². The fourth-order valence-electron chi connectivity index (χ4n) is 4.09. The van der Waals surface area contributed by atoms with Crippen LogP contribution < -0.4 is 0 Å². The average Bonchev–Trinajstić information content (AvgIpc) is 3.22. The van der Waals surface area contributed by atoms with Crippen molar-refractivity contribution in [1.82, 2.24) is 9.97 Å². The lowest BCUT2D eigenvalue weighted by Gasteiger charge is -2.39. The molecule has 0 N–H and O–H groups in total. The molecule has 174 valence electrons.